The number of benzene rings is 1. The minimum absolute atomic E-state index is 0.425. The van der Waals surface area contributed by atoms with Crippen molar-refractivity contribution in [3.05, 3.63) is 29.8 Å². The van der Waals surface area contributed by atoms with Crippen molar-refractivity contribution in [2.24, 2.45) is 0 Å². The van der Waals surface area contributed by atoms with Crippen molar-refractivity contribution in [3.63, 3.8) is 0 Å². The largest absolute Gasteiger partial charge is 0.496 e. The van der Waals surface area contributed by atoms with E-state index in [1.807, 2.05) is 22.6 Å². The van der Waals surface area contributed by atoms with Crippen molar-refractivity contribution >= 4 is 22.6 Å². The zero-order chi connectivity index (χ0) is 12.9. The van der Waals surface area contributed by atoms with Crippen LogP contribution in [0.25, 0.3) is 0 Å². The van der Waals surface area contributed by atoms with Crippen LogP contribution >= 0.6 is 22.6 Å². The molecule has 0 bridgehead atoms. The smallest absolute Gasteiger partial charge is 0.411 e. The van der Waals surface area contributed by atoms with Gasteiger partial charge in [0.25, 0.3) is 0 Å². The van der Waals surface area contributed by atoms with Crippen LogP contribution in [0.15, 0.2) is 24.3 Å². The zero-order valence-corrected chi connectivity index (χ0v) is 11.3. The number of hydrogen-bond acceptors (Lipinski definition) is 2. The van der Waals surface area contributed by atoms with Gasteiger partial charge in [0.05, 0.1) is 13.2 Å². The van der Waals surface area contributed by atoms with Crippen LogP contribution in [0.4, 0.5) is 13.2 Å². The van der Waals surface area contributed by atoms with Gasteiger partial charge in [-0.25, -0.2) is 0 Å². The zero-order valence-electron chi connectivity index (χ0n) is 9.13. The van der Waals surface area contributed by atoms with Crippen molar-refractivity contribution < 1.29 is 22.6 Å². The molecule has 17 heavy (non-hydrogen) atoms. The van der Waals surface area contributed by atoms with Gasteiger partial charge in [-0.1, -0.05) is 40.8 Å². The second-order valence-corrected chi connectivity index (χ2v) is 4.19. The van der Waals surface area contributed by atoms with E-state index in [2.05, 4.69) is 0 Å². The fourth-order valence-electron chi connectivity index (χ4n) is 1.34. The van der Waals surface area contributed by atoms with Crippen LogP contribution < -0.4 is 4.74 Å². The Bertz CT molecular complexity index is 355. The highest BCUT2D eigenvalue weighted by atomic mass is 127. The molecule has 0 aliphatic heterocycles. The first kappa shape index (κ1) is 14.6. The Balaban J connectivity index is 2.79. The minimum atomic E-state index is -4.31. The Hall–Kier alpha value is -0.500. The standard InChI is InChI=1S/C11H12F3IO2/c1-16-9-5-3-2-4-8(9)10(6-15)17-7-11(12,13)14/h2-5,10H,6-7H2,1H3. The predicted molar refractivity (Wildman–Crippen MR) is 66.6 cm³/mol. The van der Waals surface area contributed by atoms with Gasteiger partial charge in [-0.2, -0.15) is 13.2 Å². The van der Waals surface area contributed by atoms with Gasteiger partial charge in [0.15, 0.2) is 0 Å². The summed E-state index contributed by atoms with van der Waals surface area (Å²) in [7, 11) is 1.48. The summed E-state index contributed by atoms with van der Waals surface area (Å²) >= 11 is 1.99. The number of ether oxygens (including phenoxy) is 2. The predicted octanol–water partition coefficient (Wildman–Crippen LogP) is 3.75. The molecule has 0 aliphatic rings. The van der Waals surface area contributed by atoms with E-state index in [1.165, 1.54) is 7.11 Å². The quantitative estimate of drug-likeness (QED) is 0.588. The number of methoxy groups -OCH3 is 1. The van der Waals surface area contributed by atoms with Crippen LogP contribution in [0.5, 0.6) is 5.75 Å². The number of halogens is 4. The molecule has 0 spiro atoms. The monoisotopic (exact) mass is 360 g/mol. The average molecular weight is 360 g/mol. The summed E-state index contributed by atoms with van der Waals surface area (Å²) in [5.74, 6) is 0.538. The highest BCUT2D eigenvalue weighted by Crippen LogP contribution is 2.30. The summed E-state index contributed by atoms with van der Waals surface area (Å²) in [4.78, 5) is 0. The fourth-order valence-corrected chi connectivity index (χ4v) is 2.07. The van der Waals surface area contributed by atoms with Crippen molar-refractivity contribution in [2.75, 3.05) is 18.1 Å². The Morgan fingerprint density at radius 3 is 2.47 bits per heavy atom. The Labute approximate surface area is 111 Å². The summed E-state index contributed by atoms with van der Waals surface area (Å²) in [5, 5.41) is 0. The number of para-hydroxylation sites is 1. The lowest BCUT2D eigenvalue weighted by molar-refractivity contribution is -0.183. The van der Waals surface area contributed by atoms with Crippen LogP contribution in [-0.2, 0) is 4.74 Å². The normalized spacial score (nSPS) is 13.5. The number of alkyl halides is 4. The SMILES string of the molecule is COc1ccccc1C(CI)OCC(F)(F)F. The molecule has 1 aromatic carbocycles. The minimum Gasteiger partial charge on any atom is -0.496 e. The molecular weight excluding hydrogens is 348 g/mol. The molecule has 0 radical (unpaired) electrons. The first-order valence-electron chi connectivity index (χ1n) is 4.85. The number of hydrogen-bond donors (Lipinski definition) is 0. The summed E-state index contributed by atoms with van der Waals surface area (Å²) in [5.41, 5.74) is 0.633. The van der Waals surface area contributed by atoms with Crippen LogP contribution in [0.2, 0.25) is 0 Å². The molecule has 6 heteroatoms. The third kappa shape index (κ3) is 4.71. The molecule has 96 valence electrons. The molecule has 0 amide bonds. The van der Waals surface area contributed by atoms with E-state index in [4.69, 9.17) is 9.47 Å². The van der Waals surface area contributed by atoms with Crippen molar-refractivity contribution in [1.82, 2.24) is 0 Å². The average Bonchev–Trinajstić information content (AvgIpc) is 2.29. The Morgan fingerprint density at radius 1 is 1.29 bits per heavy atom. The molecule has 0 fully saturated rings. The van der Waals surface area contributed by atoms with Crippen LogP contribution in [-0.4, -0.2) is 24.3 Å². The second kappa shape index (κ2) is 6.44. The van der Waals surface area contributed by atoms with Gasteiger partial charge in [-0.15, -0.1) is 0 Å². The third-order valence-electron chi connectivity index (χ3n) is 2.07. The maximum absolute atomic E-state index is 12.1. The van der Waals surface area contributed by atoms with Gasteiger partial charge < -0.3 is 9.47 Å². The first-order valence-corrected chi connectivity index (χ1v) is 6.37. The lowest BCUT2D eigenvalue weighted by Gasteiger charge is -2.19. The topological polar surface area (TPSA) is 18.5 Å². The summed E-state index contributed by atoms with van der Waals surface area (Å²) in [6.07, 6.45) is -4.93. The summed E-state index contributed by atoms with van der Waals surface area (Å²) in [6.45, 7) is -1.25. The highest BCUT2D eigenvalue weighted by molar-refractivity contribution is 14.1. The highest BCUT2D eigenvalue weighted by Gasteiger charge is 2.30. The van der Waals surface area contributed by atoms with Gasteiger partial charge in [0.1, 0.15) is 12.4 Å². The van der Waals surface area contributed by atoms with Crippen molar-refractivity contribution in [3.8, 4) is 5.75 Å². The van der Waals surface area contributed by atoms with Crippen LogP contribution in [0, 0.1) is 0 Å². The van der Waals surface area contributed by atoms with E-state index in [9.17, 15) is 13.2 Å². The Kier molecular flexibility index (Phi) is 5.51. The van der Waals surface area contributed by atoms with E-state index in [0.29, 0.717) is 15.7 Å². The van der Waals surface area contributed by atoms with Crippen molar-refractivity contribution in [1.29, 1.82) is 0 Å². The molecule has 2 nitrogen and oxygen atoms in total. The van der Waals surface area contributed by atoms with E-state index in [1.54, 1.807) is 24.3 Å². The molecule has 1 aromatic rings. The van der Waals surface area contributed by atoms with E-state index in [-0.39, 0.29) is 0 Å². The summed E-state index contributed by atoms with van der Waals surface area (Å²) < 4.78 is 46.7. The lowest BCUT2D eigenvalue weighted by atomic mass is 10.1. The van der Waals surface area contributed by atoms with Gasteiger partial charge >= 0.3 is 6.18 Å². The first-order chi connectivity index (χ1) is 7.98. The maximum atomic E-state index is 12.1. The van der Waals surface area contributed by atoms with Crippen LogP contribution in [0.1, 0.15) is 11.7 Å². The fraction of sp³-hybridized carbons (Fsp3) is 0.455. The van der Waals surface area contributed by atoms with E-state index < -0.39 is 18.9 Å². The molecule has 1 rings (SSSR count). The molecule has 0 aliphatic carbocycles. The van der Waals surface area contributed by atoms with E-state index >= 15 is 0 Å². The molecule has 1 atom stereocenters. The van der Waals surface area contributed by atoms with Crippen molar-refractivity contribution in [2.45, 2.75) is 12.3 Å². The Morgan fingerprint density at radius 2 is 1.94 bits per heavy atom. The second-order valence-electron chi connectivity index (χ2n) is 3.31. The maximum Gasteiger partial charge on any atom is 0.411 e. The van der Waals surface area contributed by atoms with E-state index in [0.717, 1.165) is 0 Å². The summed E-state index contributed by atoms with van der Waals surface area (Å²) in [6, 6.07) is 6.91. The lowest BCUT2D eigenvalue weighted by Crippen LogP contribution is -2.20. The molecule has 0 saturated carbocycles. The number of rotatable bonds is 5. The molecule has 1 unspecified atom stereocenters. The van der Waals surface area contributed by atoms with Gasteiger partial charge in [-0.05, 0) is 6.07 Å². The molecule has 0 aromatic heterocycles. The molecular formula is C11H12F3IO2. The molecule has 0 N–H and O–H groups in total. The van der Waals surface area contributed by atoms with Gasteiger partial charge in [0.2, 0.25) is 0 Å². The third-order valence-corrected chi connectivity index (χ3v) is 2.87. The molecule has 0 saturated heterocycles. The van der Waals surface area contributed by atoms with Gasteiger partial charge in [-0.3, -0.25) is 0 Å². The molecule has 0 heterocycles. The van der Waals surface area contributed by atoms with Crippen LogP contribution in [0.3, 0.4) is 0 Å². The van der Waals surface area contributed by atoms with Gasteiger partial charge in [0, 0.05) is 9.99 Å².